The summed E-state index contributed by atoms with van der Waals surface area (Å²) >= 11 is 0. The molecule has 0 radical (unpaired) electrons. The first-order valence-corrected chi connectivity index (χ1v) is 10.1. The third-order valence-electron chi connectivity index (χ3n) is 4.55. The average molecular weight is 375 g/mol. The average Bonchev–Trinajstić information content (AvgIpc) is 2.68. The Morgan fingerprint density at radius 2 is 1.69 bits per heavy atom. The van der Waals surface area contributed by atoms with E-state index in [1.807, 2.05) is 37.3 Å². The number of benzene rings is 2. The lowest BCUT2D eigenvalue weighted by molar-refractivity contribution is -0.0557. The summed E-state index contributed by atoms with van der Waals surface area (Å²) in [5.41, 5.74) is 0.974. The molecule has 0 amide bonds. The van der Waals surface area contributed by atoms with E-state index in [1.165, 1.54) is 4.31 Å². The predicted octanol–water partition coefficient (Wildman–Crippen LogP) is 2.61. The summed E-state index contributed by atoms with van der Waals surface area (Å²) in [5, 5.41) is 0. The lowest BCUT2D eigenvalue weighted by Crippen LogP contribution is -2.45. The van der Waals surface area contributed by atoms with Crippen LogP contribution in [0.4, 0.5) is 0 Å². The fourth-order valence-electron chi connectivity index (χ4n) is 3.29. The first kappa shape index (κ1) is 17.3. The molecule has 7 heteroatoms. The highest BCUT2D eigenvalue weighted by molar-refractivity contribution is 7.89. The number of sulfonamides is 1. The molecule has 2 aliphatic rings. The van der Waals surface area contributed by atoms with Crippen molar-refractivity contribution in [3.8, 4) is 11.5 Å². The maximum atomic E-state index is 13.2. The van der Waals surface area contributed by atoms with Crippen molar-refractivity contribution in [3.05, 3.63) is 54.1 Å². The van der Waals surface area contributed by atoms with Gasteiger partial charge in [0.1, 0.15) is 13.2 Å². The summed E-state index contributed by atoms with van der Waals surface area (Å²) in [5.74, 6) is 1.05. The molecule has 1 fully saturated rings. The lowest BCUT2D eigenvalue weighted by Gasteiger charge is -2.36. The minimum Gasteiger partial charge on any atom is -0.486 e. The van der Waals surface area contributed by atoms with Gasteiger partial charge in [-0.3, -0.25) is 0 Å². The zero-order chi connectivity index (χ0) is 18.1. The molecule has 2 aliphatic heterocycles. The van der Waals surface area contributed by atoms with Gasteiger partial charge in [-0.1, -0.05) is 30.3 Å². The smallest absolute Gasteiger partial charge is 0.243 e. The first-order valence-electron chi connectivity index (χ1n) is 8.64. The Morgan fingerprint density at radius 3 is 2.46 bits per heavy atom. The van der Waals surface area contributed by atoms with E-state index in [0.29, 0.717) is 31.3 Å². The van der Waals surface area contributed by atoms with Crippen LogP contribution in [0.2, 0.25) is 0 Å². The molecule has 0 N–H and O–H groups in total. The Kier molecular flexibility index (Phi) is 4.60. The van der Waals surface area contributed by atoms with Crippen LogP contribution < -0.4 is 9.47 Å². The Hall–Kier alpha value is -2.09. The van der Waals surface area contributed by atoms with Gasteiger partial charge in [0.2, 0.25) is 10.0 Å². The van der Waals surface area contributed by atoms with Crippen molar-refractivity contribution in [1.29, 1.82) is 0 Å². The minimum absolute atomic E-state index is 0.194. The summed E-state index contributed by atoms with van der Waals surface area (Å²) < 4.78 is 44.8. The third kappa shape index (κ3) is 3.30. The molecule has 0 aliphatic carbocycles. The minimum atomic E-state index is -3.65. The third-order valence-corrected chi connectivity index (χ3v) is 6.38. The molecule has 2 aromatic rings. The fraction of sp³-hybridized carbons (Fsp3) is 0.368. The topological polar surface area (TPSA) is 65.1 Å². The highest BCUT2D eigenvalue weighted by Crippen LogP contribution is 2.35. The standard InChI is InChI=1S/C19H21NO5S/c1-14-12-20(13-19(25-14)15-5-3-2-4-6-15)26(21,22)16-7-8-17-18(11-16)24-10-9-23-17/h2-8,11,14,19H,9-10,12-13H2,1H3. The number of rotatable bonds is 3. The number of fused-ring (bicyclic) bond motifs is 1. The number of nitrogens with zero attached hydrogens (tertiary/aromatic N) is 1. The van der Waals surface area contributed by atoms with Gasteiger partial charge < -0.3 is 14.2 Å². The second kappa shape index (κ2) is 6.90. The molecule has 2 aromatic carbocycles. The van der Waals surface area contributed by atoms with E-state index in [4.69, 9.17) is 14.2 Å². The zero-order valence-corrected chi connectivity index (χ0v) is 15.3. The van der Waals surface area contributed by atoms with E-state index in [0.717, 1.165) is 5.56 Å². The lowest BCUT2D eigenvalue weighted by atomic mass is 10.1. The van der Waals surface area contributed by atoms with Gasteiger partial charge in [0.05, 0.1) is 17.1 Å². The molecule has 138 valence electrons. The highest BCUT2D eigenvalue weighted by Gasteiger charge is 2.35. The zero-order valence-electron chi connectivity index (χ0n) is 14.5. The van der Waals surface area contributed by atoms with Crippen molar-refractivity contribution in [2.45, 2.75) is 24.0 Å². The van der Waals surface area contributed by atoms with E-state index in [9.17, 15) is 8.42 Å². The van der Waals surface area contributed by atoms with Crippen LogP contribution in [0.1, 0.15) is 18.6 Å². The number of morpholine rings is 1. The highest BCUT2D eigenvalue weighted by atomic mass is 32.2. The molecule has 0 spiro atoms. The molecule has 2 atom stereocenters. The van der Waals surface area contributed by atoms with E-state index in [2.05, 4.69) is 0 Å². The van der Waals surface area contributed by atoms with E-state index in [-0.39, 0.29) is 23.6 Å². The van der Waals surface area contributed by atoms with Crippen LogP contribution in [-0.2, 0) is 14.8 Å². The molecule has 0 bridgehead atoms. The summed E-state index contributed by atoms with van der Waals surface area (Å²) in [7, 11) is -3.65. The second-order valence-electron chi connectivity index (χ2n) is 6.47. The molecule has 2 unspecified atom stereocenters. The van der Waals surface area contributed by atoms with Crippen LogP contribution in [0.25, 0.3) is 0 Å². The maximum absolute atomic E-state index is 13.2. The van der Waals surface area contributed by atoms with Gasteiger partial charge in [-0.25, -0.2) is 8.42 Å². The van der Waals surface area contributed by atoms with Crippen molar-refractivity contribution in [2.75, 3.05) is 26.3 Å². The molecule has 4 rings (SSSR count). The molecular formula is C19H21NO5S. The van der Waals surface area contributed by atoms with Gasteiger partial charge in [0.25, 0.3) is 0 Å². The summed E-state index contributed by atoms with van der Waals surface area (Å²) in [4.78, 5) is 0.211. The molecule has 2 heterocycles. The van der Waals surface area contributed by atoms with Crippen molar-refractivity contribution in [2.24, 2.45) is 0 Å². The Bertz CT molecular complexity index is 884. The number of ether oxygens (including phenoxy) is 3. The van der Waals surface area contributed by atoms with Gasteiger partial charge in [-0.05, 0) is 24.6 Å². The van der Waals surface area contributed by atoms with Gasteiger partial charge in [-0.2, -0.15) is 4.31 Å². The van der Waals surface area contributed by atoms with Gasteiger partial charge in [0, 0.05) is 19.2 Å². The van der Waals surface area contributed by atoms with E-state index >= 15 is 0 Å². The van der Waals surface area contributed by atoms with Crippen LogP contribution in [0.5, 0.6) is 11.5 Å². The summed E-state index contributed by atoms with van der Waals surface area (Å²) in [6.45, 7) is 3.38. The second-order valence-corrected chi connectivity index (χ2v) is 8.41. The molecular weight excluding hydrogens is 354 g/mol. The predicted molar refractivity (Wildman–Crippen MR) is 95.9 cm³/mol. The molecule has 0 aromatic heterocycles. The van der Waals surface area contributed by atoms with Gasteiger partial charge in [-0.15, -0.1) is 0 Å². The Morgan fingerprint density at radius 1 is 0.962 bits per heavy atom. The Balaban J connectivity index is 1.62. The quantitative estimate of drug-likeness (QED) is 0.825. The Labute approximate surface area is 153 Å². The number of hydrogen-bond acceptors (Lipinski definition) is 5. The summed E-state index contributed by atoms with van der Waals surface area (Å²) in [6, 6.07) is 14.5. The normalized spacial score (nSPS) is 23.6. The van der Waals surface area contributed by atoms with Crippen molar-refractivity contribution in [1.82, 2.24) is 4.31 Å². The molecule has 26 heavy (non-hydrogen) atoms. The van der Waals surface area contributed by atoms with Gasteiger partial charge in [0.15, 0.2) is 11.5 Å². The van der Waals surface area contributed by atoms with Crippen molar-refractivity contribution < 1.29 is 22.6 Å². The van der Waals surface area contributed by atoms with Gasteiger partial charge >= 0.3 is 0 Å². The fourth-order valence-corrected chi connectivity index (χ4v) is 4.83. The molecule has 0 saturated carbocycles. The van der Waals surface area contributed by atoms with Crippen LogP contribution in [-0.4, -0.2) is 45.1 Å². The summed E-state index contributed by atoms with van der Waals surface area (Å²) in [6.07, 6.45) is -0.479. The van der Waals surface area contributed by atoms with Crippen LogP contribution in [0.3, 0.4) is 0 Å². The largest absolute Gasteiger partial charge is 0.486 e. The monoisotopic (exact) mass is 375 g/mol. The van der Waals surface area contributed by atoms with Crippen LogP contribution in [0.15, 0.2) is 53.4 Å². The molecule has 1 saturated heterocycles. The van der Waals surface area contributed by atoms with Crippen LogP contribution in [0, 0.1) is 0 Å². The molecule has 6 nitrogen and oxygen atoms in total. The maximum Gasteiger partial charge on any atom is 0.243 e. The van der Waals surface area contributed by atoms with Crippen molar-refractivity contribution in [3.63, 3.8) is 0 Å². The van der Waals surface area contributed by atoms with Crippen molar-refractivity contribution >= 4 is 10.0 Å². The van der Waals surface area contributed by atoms with Crippen LogP contribution >= 0.6 is 0 Å². The first-order chi connectivity index (χ1) is 12.5. The number of hydrogen-bond donors (Lipinski definition) is 0. The SMILES string of the molecule is CC1CN(S(=O)(=O)c2ccc3c(c2)OCCO3)CC(c2ccccc2)O1. The van der Waals surface area contributed by atoms with E-state index in [1.54, 1.807) is 18.2 Å². The van der Waals surface area contributed by atoms with E-state index < -0.39 is 10.0 Å².